The van der Waals surface area contributed by atoms with Gasteiger partial charge in [0.25, 0.3) is 0 Å². The summed E-state index contributed by atoms with van der Waals surface area (Å²) in [5, 5.41) is 7.87. The number of benzene rings is 1. The van der Waals surface area contributed by atoms with Crippen LogP contribution in [-0.2, 0) is 11.3 Å². The van der Waals surface area contributed by atoms with Gasteiger partial charge in [0.2, 0.25) is 5.91 Å². The predicted molar refractivity (Wildman–Crippen MR) is 98.2 cm³/mol. The largest absolute Gasteiger partial charge is 0.460 e. The van der Waals surface area contributed by atoms with Crippen molar-refractivity contribution in [2.75, 3.05) is 26.2 Å². The third-order valence-electron chi connectivity index (χ3n) is 5.63. The summed E-state index contributed by atoms with van der Waals surface area (Å²) in [5.41, 5.74) is 0.640. The molecular formula is C20H27N3O2. The number of furan rings is 1. The van der Waals surface area contributed by atoms with Gasteiger partial charge in [-0.1, -0.05) is 32.0 Å². The third-order valence-corrected chi connectivity index (χ3v) is 5.63. The van der Waals surface area contributed by atoms with Gasteiger partial charge in [-0.05, 0) is 30.4 Å². The molecule has 1 aromatic heterocycles. The summed E-state index contributed by atoms with van der Waals surface area (Å²) < 4.78 is 5.94. The highest BCUT2D eigenvalue weighted by atomic mass is 16.3. The van der Waals surface area contributed by atoms with Gasteiger partial charge in [-0.15, -0.1) is 0 Å². The minimum absolute atomic E-state index is 0.102. The van der Waals surface area contributed by atoms with Crippen molar-refractivity contribution in [2.45, 2.75) is 38.8 Å². The summed E-state index contributed by atoms with van der Waals surface area (Å²) >= 11 is 0. The first-order valence-corrected chi connectivity index (χ1v) is 9.19. The van der Waals surface area contributed by atoms with E-state index in [-0.39, 0.29) is 11.3 Å². The fourth-order valence-corrected chi connectivity index (χ4v) is 3.87. The second kappa shape index (κ2) is 6.15. The van der Waals surface area contributed by atoms with E-state index >= 15 is 0 Å². The first kappa shape index (κ1) is 16.6. The van der Waals surface area contributed by atoms with Crippen molar-refractivity contribution in [3.8, 4) is 0 Å². The number of carbonyl (C=O) groups is 1. The van der Waals surface area contributed by atoms with E-state index in [0.29, 0.717) is 0 Å². The maximum absolute atomic E-state index is 12.7. The van der Waals surface area contributed by atoms with E-state index in [9.17, 15) is 4.79 Å². The van der Waals surface area contributed by atoms with Crippen molar-refractivity contribution in [1.82, 2.24) is 15.5 Å². The lowest BCUT2D eigenvalue weighted by molar-refractivity contribution is -0.129. The van der Waals surface area contributed by atoms with Crippen LogP contribution in [0.2, 0.25) is 0 Å². The standard InChI is InChI=1S/C20H27N3O2/c1-19(2)13-21-18(24)20(22-14-19)7-9-23(10-8-20)12-16-11-15-5-3-4-6-17(15)25-16/h3-6,11,22H,7-10,12-14H2,1-2H3,(H,21,24). The van der Waals surface area contributed by atoms with Crippen molar-refractivity contribution < 1.29 is 9.21 Å². The second-order valence-corrected chi connectivity index (χ2v) is 8.31. The number of likely N-dealkylation sites (tertiary alicyclic amines) is 1. The normalized spacial score (nSPS) is 23.5. The van der Waals surface area contributed by atoms with Crippen LogP contribution in [0.3, 0.4) is 0 Å². The average Bonchev–Trinajstić information content (AvgIpc) is 2.97. The minimum Gasteiger partial charge on any atom is -0.460 e. The summed E-state index contributed by atoms with van der Waals surface area (Å²) in [6.45, 7) is 8.60. The van der Waals surface area contributed by atoms with Crippen LogP contribution >= 0.6 is 0 Å². The van der Waals surface area contributed by atoms with Gasteiger partial charge in [-0.25, -0.2) is 0 Å². The maximum Gasteiger partial charge on any atom is 0.240 e. The molecule has 3 heterocycles. The van der Waals surface area contributed by atoms with E-state index in [1.807, 2.05) is 18.2 Å². The molecule has 2 aliphatic heterocycles. The van der Waals surface area contributed by atoms with Crippen LogP contribution in [0.5, 0.6) is 0 Å². The number of nitrogens with one attached hydrogen (secondary N) is 2. The monoisotopic (exact) mass is 341 g/mol. The predicted octanol–water partition coefficient (Wildman–Crippen LogP) is 2.51. The van der Waals surface area contributed by atoms with E-state index in [0.717, 1.165) is 62.3 Å². The van der Waals surface area contributed by atoms with Gasteiger partial charge in [0.1, 0.15) is 16.9 Å². The van der Waals surface area contributed by atoms with Gasteiger partial charge in [-0.2, -0.15) is 0 Å². The number of fused-ring (bicyclic) bond motifs is 1. The molecular weight excluding hydrogens is 314 g/mol. The van der Waals surface area contributed by atoms with Crippen LogP contribution in [-0.4, -0.2) is 42.5 Å². The maximum atomic E-state index is 12.7. The second-order valence-electron chi connectivity index (χ2n) is 8.31. The minimum atomic E-state index is -0.405. The Balaban J connectivity index is 1.41. The molecule has 0 saturated carbocycles. The highest BCUT2D eigenvalue weighted by Crippen LogP contribution is 2.29. The van der Waals surface area contributed by atoms with E-state index in [4.69, 9.17) is 4.42 Å². The first-order chi connectivity index (χ1) is 12.0. The van der Waals surface area contributed by atoms with Gasteiger partial charge < -0.3 is 15.1 Å². The highest BCUT2D eigenvalue weighted by molar-refractivity contribution is 5.87. The zero-order valence-corrected chi connectivity index (χ0v) is 15.1. The van der Waals surface area contributed by atoms with Gasteiger partial charge in [0.05, 0.1) is 6.54 Å². The fraction of sp³-hybridized carbons (Fsp3) is 0.550. The Morgan fingerprint density at radius 1 is 1.16 bits per heavy atom. The smallest absolute Gasteiger partial charge is 0.240 e. The highest BCUT2D eigenvalue weighted by Gasteiger charge is 2.44. The Morgan fingerprint density at radius 3 is 2.68 bits per heavy atom. The van der Waals surface area contributed by atoms with Gasteiger partial charge >= 0.3 is 0 Å². The van der Waals surface area contributed by atoms with Crippen molar-refractivity contribution >= 4 is 16.9 Å². The van der Waals surface area contributed by atoms with Crippen molar-refractivity contribution in [3.05, 3.63) is 36.1 Å². The number of para-hydroxylation sites is 1. The van der Waals surface area contributed by atoms with E-state index < -0.39 is 5.54 Å². The van der Waals surface area contributed by atoms with Crippen molar-refractivity contribution in [3.63, 3.8) is 0 Å². The number of hydrogen-bond acceptors (Lipinski definition) is 4. The lowest BCUT2D eigenvalue weighted by Gasteiger charge is -2.40. The van der Waals surface area contributed by atoms with Crippen molar-refractivity contribution in [2.24, 2.45) is 5.41 Å². The summed E-state index contributed by atoms with van der Waals surface area (Å²) in [6.07, 6.45) is 1.68. The Labute approximate surface area is 148 Å². The van der Waals surface area contributed by atoms with Gasteiger partial charge in [0, 0.05) is 31.6 Å². The molecule has 2 aromatic rings. The van der Waals surface area contributed by atoms with Gasteiger partial charge in [0.15, 0.2) is 0 Å². The molecule has 1 amide bonds. The molecule has 0 bridgehead atoms. The molecule has 1 aromatic carbocycles. The molecule has 25 heavy (non-hydrogen) atoms. The molecule has 0 aliphatic carbocycles. The Kier molecular flexibility index (Phi) is 4.08. The van der Waals surface area contributed by atoms with Crippen LogP contribution in [0, 0.1) is 5.41 Å². The molecule has 2 aliphatic rings. The molecule has 2 N–H and O–H groups in total. The molecule has 134 valence electrons. The summed E-state index contributed by atoms with van der Waals surface area (Å²) in [7, 11) is 0. The average molecular weight is 341 g/mol. The summed E-state index contributed by atoms with van der Waals surface area (Å²) in [6, 6.07) is 10.2. The molecule has 5 nitrogen and oxygen atoms in total. The molecule has 2 fully saturated rings. The molecule has 2 saturated heterocycles. The number of rotatable bonds is 2. The number of piperidine rings is 1. The van der Waals surface area contributed by atoms with Crippen molar-refractivity contribution in [1.29, 1.82) is 0 Å². The fourth-order valence-electron chi connectivity index (χ4n) is 3.87. The zero-order valence-electron chi connectivity index (χ0n) is 15.1. The molecule has 5 heteroatoms. The SMILES string of the molecule is CC1(C)CNC(=O)C2(CCN(Cc3cc4ccccc4o3)CC2)NC1. The lowest BCUT2D eigenvalue weighted by atomic mass is 9.86. The van der Waals surface area contributed by atoms with Crippen LogP contribution in [0.25, 0.3) is 11.0 Å². The van der Waals surface area contributed by atoms with Crippen LogP contribution in [0.4, 0.5) is 0 Å². The van der Waals surface area contributed by atoms with E-state index in [1.54, 1.807) is 0 Å². The number of amides is 1. The topological polar surface area (TPSA) is 57.5 Å². The van der Waals surface area contributed by atoms with Crippen LogP contribution in [0.1, 0.15) is 32.4 Å². The first-order valence-electron chi connectivity index (χ1n) is 9.19. The zero-order chi connectivity index (χ0) is 17.5. The third kappa shape index (κ3) is 3.31. The molecule has 0 radical (unpaired) electrons. The number of nitrogens with zero attached hydrogens (tertiary/aromatic N) is 1. The Morgan fingerprint density at radius 2 is 1.92 bits per heavy atom. The molecule has 0 atom stereocenters. The lowest BCUT2D eigenvalue weighted by Crippen LogP contribution is -2.60. The van der Waals surface area contributed by atoms with Gasteiger partial charge in [-0.3, -0.25) is 9.69 Å². The molecule has 4 rings (SSSR count). The quantitative estimate of drug-likeness (QED) is 0.881. The Bertz CT molecular complexity index is 739. The molecule has 0 unspecified atom stereocenters. The van der Waals surface area contributed by atoms with Crippen LogP contribution < -0.4 is 10.6 Å². The van der Waals surface area contributed by atoms with E-state index in [1.165, 1.54) is 0 Å². The van der Waals surface area contributed by atoms with E-state index in [2.05, 4.69) is 41.5 Å². The summed E-state index contributed by atoms with van der Waals surface area (Å²) in [5.74, 6) is 1.16. The Hall–Kier alpha value is -1.85. The molecule has 1 spiro atoms. The number of carbonyl (C=O) groups excluding carboxylic acids is 1. The van der Waals surface area contributed by atoms with Crippen LogP contribution in [0.15, 0.2) is 34.7 Å². The number of hydrogen-bond donors (Lipinski definition) is 2. The summed E-state index contributed by atoms with van der Waals surface area (Å²) in [4.78, 5) is 15.0.